The van der Waals surface area contributed by atoms with Crippen LogP contribution in [0.3, 0.4) is 0 Å². The van der Waals surface area contributed by atoms with Crippen molar-refractivity contribution in [3.05, 3.63) is 0 Å². The van der Waals surface area contributed by atoms with Crippen LogP contribution in [0.4, 0.5) is 0 Å². The Morgan fingerprint density at radius 1 is 1.28 bits per heavy atom. The number of rotatable bonds is 8. The lowest BCUT2D eigenvalue weighted by Gasteiger charge is -2.45. The lowest BCUT2D eigenvalue weighted by molar-refractivity contribution is -0.208. The summed E-state index contributed by atoms with van der Waals surface area (Å²) in [6, 6.07) is -0.902. The average Bonchev–Trinajstić information content (AvgIpc) is 3.05. The van der Waals surface area contributed by atoms with Crippen molar-refractivity contribution in [2.75, 3.05) is 33.9 Å². The van der Waals surface area contributed by atoms with Gasteiger partial charge in [-0.2, -0.15) is 0 Å². The van der Waals surface area contributed by atoms with Crippen molar-refractivity contribution in [3.8, 4) is 0 Å². The van der Waals surface area contributed by atoms with E-state index in [-0.39, 0.29) is 18.0 Å². The Bertz CT molecular complexity index is 538. The summed E-state index contributed by atoms with van der Waals surface area (Å²) in [6.07, 6.45) is 0.171. The predicted molar refractivity (Wildman–Crippen MR) is 115 cm³/mol. The lowest BCUT2D eigenvalue weighted by Crippen LogP contribution is -2.67. The third-order valence-electron chi connectivity index (χ3n) is 6.47. The molecule has 2 aliphatic heterocycles. The van der Waals surface area contributed by atoms with E-state index in [9.17, 15) is 20.1 Å². The number of carbonyl (C=O) groups excluding carboxylic acids is 1. The maximum Gasteiger partial charge on any atom is 0.237 e. The normalized spacial score (nSPS) is 38.2. The molecule has 2 heterocycles. The molecule has 2 rings (SSSR count). The minimum absolute atomic E-state index is 0.0816. The number of thioether (sulfide) groups is 1. The number of carbonyl (C=O) groups is 1. The first-order valence-electron chi connectivity index (χ1n) is 10.5. The first kappa shape index (κ1) is 24.8. The molecule has 0 spiro atoms. The van der Waals surface area contributed by atoms with E-state index in [2.05, 4.69) is 17.1 Å². The van der Waals surface area contributed by atoms with Gasteiger partial charge in [-0.15, -0.1) is 11.8 Å². The number of hydrogen-bond acceptors (Lipinski definition) is 8. The monoisotopic (exact) mass is 433 g/mol. The molecule has 9 heteroatoms. The Balaban J connectivity index is 2.19. The summed E-state index contributed by atoms with van der Waals surface area (Å²) < 4.78 is 5.96. The van der Waals surface area contributed by atoms with E-state index in [0.29, 0.717) is 5.92 Å². The van der Waals surface area contributed by atoms with Crippen molar-refractivity contribution >= 4 is 17.7 Å². The number of nitrogens with one attached hydrogen (secondary N) is 1. The molecule has 29 heavy (non-hydrogen) atoms. The molecule has 0 aromatic heterocycles. The molecule has 2 saturated heterocycles. The highest BCUT2D eigenvalue weighted by Crippen LogP contribution is 2.31. The summed E-state index contributed by atoms with van der Waals surface area (Å²) in [7, 11) is 5.77. The summed E-state index contributed by atoms with van der Waals surface area (Å²) in [5, 5.41) is 34.2. The van der Waals surface area contributed by atoms with Gasteiger partial charge in [0.25, 0.3) is 0 Å². The van der Waals surface area contributed by atoms with Crippen molar-refractivity contribution in [3.63, 3.8) is 0 Å². The van der Waals surface area contributed by atoms with E-state index in [1.807, 2.05) is 33.0 Å². The summed E-state index contributed by atoms with van der Waals surface area (Å²) in [5.74, 6) is 0.432. The lowest BCUT2D eigenvalue weighted by atomic mass is 9.90. The zero-order chi connectivity index (χ0) is 21.9. The molecule has 4 N–H and O–H groups in total. The van der Waals surface area contributed by atoms with Crippen LogP contribution in [0.5, 0.6) is 0 Å². The van der Waals surface area contributed by atoms with E-state index < -0.39 is 35.9 Å². The van der Waals surface area contributed by atoms with Crippen LogP contribution in [-0.4, -0.2) is 113 Å². The van der Waals surface area contributed by atoms with E-state index in [1.54, 1.807) is 6.26 Å². The Kier molecular flexibility index (Phi) is 9.21. The van der Waals surface area contributed by atoms with E-state index in [4.69, 9.17) is 4.74 Å². The first-order valence-corrected chi connectivity index (χ1v) is 11.8. The highest BCUT2D eigenvalue weighted by Gasteiger charge is 2.49. The van der Waals surface area contributed by atoms with Crippen LogP contribution >= 0.6 is 11.8 Å². The minimum Gasteiger partial charge on any atom is -0.388 e. The Morgan fingerprint density at radius 2 is 1.93 bits per heavy atom. The molecule has 9 atom stereocenters. The Hall–Kier alpha value is -0.420. The molecule has 0 radical (unpaired) electrons. The molecule has 0 aliphatic carbocycles. The fourth-order valence-corrected chi connectivity index (χ4v) is 5.13. The van der Waals surface area contributed by atoms with Gasteiger partial charge in [0.2, 0.25) is 5.91 Å². The van der Waals surface area contributed by atoms with Crippen LogP contribution < -0.4 is 5.32 Å². The number of nitrogens with zero attached hydrogens (tertiary/aromatic N) is 2. The van der Waals surface area contributed by atoms with Crippen molar-refractivity contribution in [2.24, 2.45) is 5.92 Å². The smallest absolute Gasteiger partial charge is 0.237 e. The zero-order valence-corrected chi connectivity index (χ0v) is 19.3. The van der Waals surface area contributed by atoms with Gasteiger partial charge in [-0.3, -0.25) is 9.69 Å². The second-order valence-electron chi connectivity index (χ2n) is 8.76. The summed E-state index contributed by atoms with van der Waals surface area (Å²) in [5.41, 5.74) is -0.671. The van der Waals surface area contributed by atoms with Crippen molar-refractivity contribution in [2.45, 2.75) is 81.1 Å². The summed E-state index contributed by atoms with van der Waals surface area (Å²) in [6.45, 7) is 5.01. The van der Waals surface area contributed by atoms with Crippen LogP contribution in [-0.2, 0) is 9.53 Å². The molecular formula is C20H39N3O5S. The fourth-order valence-electron chi connectivity index (χ4n) is 4.45. The number of hydrogen-bond donors (Lipinski definition) is 4. The largest absolute Gasteiger partial charge is 0.388 e. The first-order chi connectivity index (χ1) is 13.6. The molecule has 1 amide bonds. The number of likely N-dealkylation sites (tertiary alicyclic amines) is 1. The molecule has 0 bridgehead atoms. The minimum atomic E-state index is -1.33. The average molecular weight is 434 g/mol. The maximum absolute atomic E-state index is 13.2. The van der Waals surface area contributed by atoms with Gasteiger partial charge in [0.15, 0.2) is 0 Å². The van der Waals surface area contributed by atoms with Crippen LogP contribution in [0.15, 0.2) is 0 Å². The summed E-state index contributed by atoms with van der Waals surface area (Å²) in [4.78, 5) is 17.2. The molecule has 2 unspecified atom stereocenters. The molecule has 170 valence electrons. The SMILES string of the molecule is CCC[C@@H]1C[C@@H](C(=O)N[C@@H]([C@H]2OC(SC)[C@H](O)C(O)[C@@H]2O)[C@H](C)N(C)C)N(C)C1. The predicted octanol–water partition coefficient (Wildman–Crippen LogP) is -0.288. The molecule has 2 aliphatic rings. The number of amides is 1. The van der Waals surface area contributed by atoms with Gasteiger partial charge < -0.3 is 30.3 Å². The molecule has 2 fully saturated rings. The Labute approximate surface area is 179 Å². The second-order valence-corrected chi connectivity index (χ2v) is 9.70. The number of aliphatic hydroxyl groups excluding tert-OH is 3. The number of likely N-dealkylation sites (N-methyl/N-ethyl adjacent to an activating group) is 2. The third kappa shape index (κ3) is 5.64. The van der Waals surface area contributed by atoms with Crippen molar-refractivity contribution in [1.82, 2.24) is 15.1 Å². The van der Waals surface area contributed by atoms with Gasteiger partial charge in [0.05, 0.1) is 12.1 Å². The van der Waals surface area contributed by atoms with Gasteiger partial charge >= 0.3 is 0 Å². The number of ether oxygens (including phenoxy) is 1. The molecule has 8 nitrogen and oxygen atoms in total. The Morgan fingerprint density at radius 3 is 2.48 bits per heavy atom. The van der Waals surface area contributed by atoms with Crippen molar-refractivity contribution < 1.29 is 24.9 Å². The van der Waals surface area contributed by atoms with E-state index >= 15 is 0 Å². The zero-order valence-electron chi connectivity index (χ0n) is 18.5. The number of aliphatic hydroxyl groups is 3. The van der Waals surface area contributed by atoms with Crippen LogP contribution in [0.25, 0.3) is 0 Å². The highest BCUT2D eigenvalue weighted by molar-refractivity contribution is 7.99. The quantitative estimate of drug-likeness (QED) is 0.414. The third-order valence-corrected chi connectivity index (χ3v) is 7.32. The van der Waals surface area contributed by atoms with Gasteiger partial charge in [-0.25, -0.2) is 0 Å². The standard InChI is InChI=1S/C20H39N3O5S/c1-7-8-12-9-13(23(5)10-12)19(27)21-14(11(2)22(3)4)18-16(25)15(24)17(26)20(28-18)29-6/h11-18,20,24-26H,7-10H2,1-6H3,(H,21,27)/t11-,12+,13-,14+,15?,16-,17+,18+,20?/m0/s1. The molecule has 0 aromatic carbocycles. The fraction of sp³-hybridized carbons (Fsp3) is 0.950. The van der Waals surface area contributed by atoms with E-state index in [0.717, 1.165) is 25.8 Å². The van der Waals surface area contributed by atoms with Gasteiger partial charge in [0, 0.05) is 12.6 Å². The highest BCUT2D eigenvalue weighted by atomic mass is 32.2. The van der Waals surface area contributed by atoms with Crippen LogP contribution in [0, 0.1) is 5.92 Å². The van der Waals surface area contributed by atoms with Crippen LogP contribution in [0.2, 0.25) is 0 Å². The second kappa shape index (κ2) is 10.7. The molecular weight excluding hydrogens is 394 g/mol. The topological polar surface area (TPSA) is 106 Å². The van der Waals surface area contributed by atoms with Crippen LogP contribution in [0.1, 0.15) is 33.1 Å². The van der Waals surface area contributed by atoms with Gasteiger partial charge in [-0.1, -0.05) is 13.3 Å². The van der Waals surface area contributed by atoms with Crippen molar-refractivity contribution in [1.29, 1.82) is 0 Å². The maximum atomic E-state index is 13.2. The molecule has 0 saturated carbocycles. The van der Waals surface area contributed by atoms with Gasteiger partial charge in [-0.05, 0) is 53.1 Å². The molecule has 0 aromatic rings. The van der Waals surface area contributed by atoms with Gasteiger partial charge in [0.1, 0.15) is 29.9 Å². The van der Waals surface area contributed by atoms with E-state index in [1.165, 1.54) is 11.8 Å². The summed E-state index contributed by atoms with van der Waals surface area (Å²) >= 11 is 1.27.